The predicted molar refractivity (Wildman–Crippen MR) is 141 cm³/mol. The standard InChI is InChI=1S/C26H28ClN3O5S/c1-3-4-16-28-26(32)21-12-8-9-13-23(21)29-25(31)18-30(19-14-15-24(35-2)22(27)17-19)36(33,34)20-10-6-5-7-11-20/h5-15,17H,3-4,16,18H2,1-2H3,(H,28,32)(H,29,31). The lowest BCUT2D eigenvalue weighted by molar-refractivity contribution is -0.114. The van der Waals surface area contributed by atoms with E-state index in [0.29, 0.717) is 12.3 Å². The van der Waals surface area contributed by atoms with Gasteiger partial charge in [-0.2, -0.15) is 0 Å². The van der Waals surface area contributed by atoms with Crippen molar-refractivity contribution in [3.63, 3.8) is 0 Å². The Kier molecular flexibility index (Phi) is 9.32. The number of nitrogens with zero attached hydrogens (tertiary/aromatic N) is 1. The number of anilines is 2. The SMILES string of the molecule is CCCCNC(=O)c1ccccc1NC(=O)CN(c1ccc(OC)c(Cl)c1)S(=O)(=O)c1ccccc1. The molecule has 3 rings (SSSR count). The zero-order valence-electron chi connectivity index (χ0n) is 20.0. The smallest absolute Gasteiger partial charge is 0.264 e. The third-order valence-electron chi connectivity index (χ3n) is 5.30. The first kappa shape index (κ1) is 27.0. The van der Waals surface area contributed by atoms with E-state index in [1.165, 1.54) is 37.4 Å². The maximum atomic E-state index is 13.5. The quantitative estimate of drug-likeness (QED) is 0.350. The molecule has 0 heterocycles. The van der Waals surface area contributed by atoms with Crippen LogP contribution in [-0.4, -0.2) is 40.4 Å². The van der Waals surface area contributed by atoms with Crippen LogP contribution in [0, 0.1) is 0 Å². The summed E-state index contributed by atoms with van der Waals surface area (Å²) in [5, 5.41) is 5.69. The van der Waals surface area contributed by atoms with E-state index < -0.39 is 22.5 Å². The molecule has 36 heavy (non-hydrogen) atoms. The normalized spacial score (nSPS) is 11.0. The summed E-state index contributed by atoms with van der Waals surface area (Å²) in [5.41, 5.74) is 0.749. The van der Waals surface area contributed by atoms with Gasteiger partial charge in [0.2, 0.25) is 5.91 Å². The summed E-state index contributed by atoms with van der Waals surface area (Å²) in [4.78, 5) is 25.7. The molecule has 2 N–H and O–H groups in total. The summed E-state index contributed by atoms with van der Waals surface area (Å²) in [7, 11) is -2.68. The number of para-hydroxylation sites is 1. The maximum Gasteiger partial charge on any atom is 0.264 e. The summed E-state index contributed by atoms with van der Waals surface area (Å²) >= 11 is 6.25. The van der Waals surface area contributed by atoms with Crippen LogP contribution in [0.3, 0.4) is 0 Å². The van der Waals surface area contributed by atoms with Crippen molar-refractivity contribution in [1.29, 1.82) is 0 Å². The third-order valence-corrected chi connectivity index (χ3v) is 7.39. The number of benzene rings is 3. The number of carbonyl (C=O) groups is 2. The molecule has 8 nitrogen and oxygen atoms in total. The van der Waals surface area contributed by atoms with E-state index in [0.717, 1.165) is 17.1 Å². The molecule has 0 atom stereocenters. The van der Waals surface area contributed by atoms with Gasteiger partial charge in [-0.15, -0.1) is 0 Å². The first-order valence-corrected chi connectivity index (χ1v) is 13.2. The molecule has 10 heteroatoms. The van der Waals surface area contributed by atoms with Gasteiger partial charge in [0.25, 0.3) is 15.9 Å². The number of unbranched alkanes of at least 4 members (excludes halogenated alkanes) is 1. The number of methoxy groups -OCH3 is 1. The van der Waals surface area contributed by atoms with Gasteiger partial charge in [-0.25, -0.2) is 8.42 Å². The van der Waals surface area contributed by atoms with Crippen LogP contribution in [0.5, 0.6) is 5.75 Å². The molecule has 0 saturated heterocycles. The molecular weight excluding hydrogens is 502 g/mol. The lowest BCUT2D eigenvalue weighted by atomic mass is 10.1. The topological polar surface area (TPSA) is 105 Å². The van der Waals surface area contributed by atoms with E-state index in [2.05, 4.69) is 10.6 Å². The molecule has 0 aliphatic carbocycles. The highest BCUT2D eigenvalue weighted by atomic mass is 35.5. The van der Waals surface area contributed by atoms with E-state index in [9.17, 15) is 18.0 Å². The van der Waals surface area contributed by atoms with Gasteiger partial charge in [0, 0.05) is 6.54 Å². The fourth-order valence-electron chi connectivity index (χ4n) is 3.43. The molecular formula is C26H28ClN3O5S. The number of nitrogens with one attached hydrogen (secondary N) is 2. The number of hydrogen-bond donors (Lipinski definition) is 2. The van der Waals surface area contributed by atoms with E-state index in [-0.39, 0.29) is 32.8 Å². The molecule has 0 saturated carbocycles. The van der Waals surface area contributed by atoms with Gasteiger partial charge in [-0.3, -0.25) is 13.9 Å². The molecule has 0 aromatic heterocycles. The Balaban J connectivity index is 1.91. The molecule has 0 spiro atoms. The Morgan fingerprint density at radius 1 is 1.00 bits per heavy atom. The predicted octanol–water partition coefficient (Wildman–Crippen LogP) is 4.71. The number of halogens is 1. The molecule has 3 aromatic rings. The first-order chi connectivity index (χ1) is 17.3. The second kappa shape index (κ2) is 12.4. The molecule has 0 unspecified atom stereocenters. The molecule has 0 bridgehead atoms. The van der Waals surface area contributed by atoms with Crippen molar-refractivity contribution in [3.05, 3.63) is 83.4 Å². The largest absolute Gasteiger partial charge is 0.495 e. The van der Waals surface area contributed by atoms with Gasteiger partial charge >= 0.3 is 0 Å². The van der Waals surface area contributed by atoms with Crippen molar-refractivity contribution in [2.45, 2.75) is 24.7 Å². The van der Waals surface area contributed by atoms with Crippen LogP contribution in [0.15, 0.2) is 77.7 Å². The van der Waals surface area contributed by atoms with E-state index >= 15 is 0 Å². The average molecular weight is 530 g/mol. The molecule has 0 aliphatic heterocycles. The second-order valence-corrected chi connectivity index (χ2v) is 10.1. The van der Waals surface area contributed by atoms with Gasteiger partial charge in [0.15, 0.2) is 0 Å². The van der Waals surface area contributed by atoms with Crippen LogP contribution >= 0.6 is 11.6 Å². The summed E-state index contributed by atoms with van der Waals surface area (Å²) in [6.07, 6.45) is 1.76. The van der Waals surface area contributed by atoms with Crippen molar-refractivity contribution in [1.82, 2.24) is 5.32 Å². The Labute approximate surface area is 216 Å². The molecule has 0 fully saturated rings. The Hall–Kier alpha value is -3.56. The third kappa shape index (κ3) is 6.56. The monoisotopic (exact) mass is 529 g/mol. The Bertz CT molecular complexity index is 1320. The Morgan fingerprint density at radius 3 is 2.36 bits per heavy atom. The highest BCUT2D eigenvalue weighted by Gasteiger charge is 2.28. The van der Waals surface area contributed by atoms with Gasteiger partial charge in [-0.1, -0.05) is 55.3 Å². The van der Waals surface area contributed by atoms with Gasteiger partial charge in [0.1, 0.15) is 12.3 Å². The minimum atomic E-state index is -4.13. The van der Waals surface area contributed by atoms with Crippen molar-refractivity contribution in [3.8, 4) is 5.75 Å². The summed E-state index contributed by atoms with van der Waals surface area (Å²) in [6, 6.07) is 18.8. The lowest BCUT2D eigenvalue weighted by Gasteiger charge is -2.25. The van der Waals surface area contributed by atoms with Crippen LogP contribution in [0.1, 0.15) is 30.1 Å². The van der Waals surface area contributed by atoms with Crippen molar-refractivity contribution in [2.24, 2.45) is 0 Å². The van der Waals surface area contributed by atoms with Crippen LogP contribution in [0.4, 0.5) is 11.4 Å². The lowest BCUT2D eigenvalue weighted by Crippen LogP contribution is -2.38. The number of amides is 2. The van der Waals surface area contributed by atoms with E-state index in [1.807, 2.05) is 6.92 Å². The number of carbonyl (C=O) groups excluding carboxylic acids is 2. The van der Waals surface area contributed by atoms with E-state index in [4.69, 9.17) is 16.3 Å². The van der Waals surface area contributed by atoms with Crippen molar-refractivity contribution < 1.29 is 22.7 Å². The fraction of sp³-hybridized carbons (Fsp3) is 0.231. The average Bonchev–Trinajstić information content (AvgIpc) is 2.88. The molecule has 190 valence electrons. The molecule has 2 amide bonds. The zero-order valence-corrected chi connectivity index (χ0v) is 21.6. The number of ether oxygens (including phenoxy) is 1. The summed E-state index contributed by atoms with van der Waals surface area (Å²) in [5.74, 6) is -0.588. The minimum Gasteiger partial charge on any atom is -0.495 e. The van der Waals surface area contributed by atoms with Gasteiger partial charge < -0.3 is 15.4 Å². The minimum absolute atomic E-state index is 0.0143. The van der Waals surface area contributed by atoms with Crippen LogP contribution < -0.4 is 19.7 Å². The second-order valence-electron chi connectivity index (χ2n) is 7.85. The van der Waals surface area contributed by atoms with Crippen LogP contribution in [0.2, 0.25) is 5.02 Å². The summed E-state index contributed by atoms with van der Waals surface area (Å²) < 4.78 is 33.2. The van der Waals surface area contributed by atoms with Gasteiger partial charge in [-0.05, 0) is 48.9 Å². The molecule has 0 radical (unpaired) electrons. The zero-order chi connectivity index (χ0) is 26.1. The fourth-order valence-corrected chi connectivity index (χ4v) is 5.12. The highest BCUT2D eigenvalue weighted by Crippen LogP contribution is 2.32. The number of sulfonamides is 1. The van der Waals surface area contributed by atoms with Crippen molar-refractivity contribution >= 4 is 44.8 Å². The van der Waals surface area contributed by atoms with Gasteiger partial charge in [0.05, 0.1) is 34.0 Å². The summed E-state index contributed by atoms with van der Waals surface area (Å²) in [6.45, 7) is 1.98. The van der Waals surface area contributed by atoms with E-state index in [1.54, 1.807) is 42.5 Å². The highest BCUT2D eigenvalue weighted by molar-refractivity contribution is 7.92. The van der Waals surface area contributed by atoms with Crippen LogP contribution in [-0.2, 0) is 14.8 Å². The molecule has 3 aromatic carbocycles. The first-order valence-electron chi connectivity index (χ1n) is 11.4. The number of hydrogen-bond acceptors (Lipinski definition) is 5. The van der Waals surface area contributed by atoms with Crippen LogP contribution in [0.25, 0.3) is 0 Å². The molecule has 0 aliphatic rings. The van der Waals surface area contributed by atoms with Crippen molar-refractivity contribution in [2.75, 3.05) is 29.8 Å². The maximum absolute atomic E-state index is 13.5. The Morgan fingerprint density at radius 2 is 1.69 bits per heavy atom. The number of rotatable bonds is 11.